The maximum atomic E-state index is 12.5. The molecule has 1 rings (SSSR count). The minimum atomic E-state index is -2.87. The molecule has 0 aliphatic carbocycles. The first kappa shape index (κ1) is 12.4. The molecule has 1 aromatic rings. The SMILES string of the molecule is N#CCc1cc([N+](=O)[O-])c(Br)nc1C(F)F. The fourth-order valence-corrected chi connectivity index (χ4v) is 1.53. The molecule has 1 aromatic heterocycles. The van der Waals surface area contributed by atoms with Crippen molar-refractivity contribution in [3.05, 3.63) is 32.0 Å². The van der Waals surface area contributed by atoms with E-state index in [0.717, 1.165) is 6.07 Å². The Kier molecular flexibility index (Phi) is 3.84. The highest BCUT2D eigenvalue weighted by Gasteiger charge is 2.22. The van der Waals surface area contributed by atoms with Crippen molar-refractivity contribution in [3.8, 4) is 6.07 Å². The topological polar surface area (TPSA) is 79.8 Å². The second kappa shape index (κ2) is 4.94. The molecule has 1 heterocycles. The number of hydrogen-bond acceptors (Lipinski definition) is 4. The maximum Gasteiger partial charge on any atom is 0.302 e. The van der Waals surface area contributed by atoms with Crippen LogP contribution < -0.4 is 0 Å². The van der Waals surface area contributed by atoms with Gasteiger partial charge in [0.1, 0.15) is 5.69 Å². The lowest BCUT2D eigenvalue weighted by atomic mass is 10.1. The molecule has 16 heavy (non-hydrogen) atoms. The number of hydrogen-bond donors (Lipinski definition) is 0. The molecule has 84 valence electrons. The Bertz CT molecular complexity index is 473. The lowest BCUT2D eigenvalue weighted by molar-refractivity contribution is -0.386. The number of nitriles is 1. The number of pyridine rings is 1. The Morgan fingerprint density at radius 3 is 2.75 bits per heavy atom. The van der Waals surface area contributed by atoms with E-state index in [1.807, 2.05) is 0 Å². The Balaban J connectivity index is 3.38. The molecule has 0 N–H and O–H groups in total. The second-order valence-electron chi connectivity index (χ2n) is 2.74. The highest BCUT2D eigenvalue weighted by atomic mass is 79.9. The van der Waals surface area contributed by atoms with Gasteiger partial charge in [-0.25, -0.2) is 13.8 Å². The van der Waals surface area contributed by atoms with Gasteiger partial charge < -0.3 is 0 Å². The van der Waals surface area contributed by atoms with E-state index in [-0.39, 0.29) is 16.6 Å². The highest BCUT2D eigenvalue weighted by Crippen LogP contribution is 2.30. The van der Waals surface area contributed by atoms with E-state index >= 15 is 0 Å². The number of rotatable bonds is 3. The van der Waals surface area contributed by atoms with Crippen LogP contribution in [0.15, 0.2) is 10.7 Å². The molecule has 0 amide bonds. The molecular formula is C8H4BrF2N3O2. The van der Waals surface area contributed by atoms with Crippen LogP contribution >= 0.6 is 15.9 Å². The molecule has 5 nitrogen and oxygen atoms in total. The maximum absolute atomic E-state index is 12.5. The molecule has 0 atom stereocenters. The molecule has 0 unspecified atom stereocenters. The van der Waals surface area contributed by atoms with E-state index in [4.69, 9.17) is 5.26 Å². The molecule has 0 bridgehead atoms. The minimum Gasteiger partial charge on any atom is -0.258 e. The number of nitrogens with zero attached hydrogens (tertiary/aromatic N) is 3. The standard InChI is InChI=1S/C8H4BrF2N3O2/c9-7-5(14(15)16)3-4(1-2-12)6(13-7)8(10)11/h3,8H,1H2. The predicted octanol–water partition coefficient (Wildman–Crippen LogP) is 2.76. The number of nitro groups is 1. The summed E-state index contributed by atoms with van der Waals surface area (Å²) in [6.07, 6.45) is -3.22. The van der Waals surface area contributed by atoms with Crippen molar-refractivity contribution >= 4 is 21.6 Å². The quantitative estimate of drug-likeness (QED) is 0.487. The van der Waals surface area contributed by atoms with Gasteiger partial charge in [-0.2, -0.15) is 5.26 Å². The third kappa shape index (κ3) is 2.49. The summed E-state index contributed by atoms with van der Waals surface area (Å²) < 4.78 is 24.7. The van der Waals surface area contributed by atoms with Crippen LogP contribution in [-0.2, 0) is 6.42 Å². The third-order valence-electron chi connectivity index (χ3n) is 1.74. The van der Waals surface area contributed by atoms with Crippen LogP contribution in [0.1, 0.15) is 17.7 Å². The Morgan fingerprint density at radius 2 is 2.31 bits per heavy atom. The average molecular weight is 292 g/mol. The Labute approximate surface area is 97.0 Å². The average Bonchev–Trinajstić information content (AvgIpc) is 2.19. The van der Waals surface area contributed by atoms with Gasteiger partial charge in [0, 0.05) is 11.6 Å². The largest absolute Gasteiger partial charge is 0.302 e. The van der Waals surface area contributed by atoms with Gasteiger partial charge in [-0.15, -0.1) is 0 Å². The fourth-order valence-electron chi connectivity index (χ4n) is 1.08. The number of aromatic nitrogens is 1. The van der Waals surface area contributed by atoms with Gasteiger partial charge in [0.05, 0.1) is 17.4 Å². The van der Waals surface area contributed by atoms with E-state index in [2.05, 4.69) is 20.9 Å². The monoisotopic (exact) mass is 291 g/mol. The van der Waals surface area contributed by atoms with Crippen molar-refractivity contribution in [1.82, 2.24) is 4.98 Å². The molecule has 0 saturated carbocycles. The van der Waals surface area contributed by atoms with Gasteiger partial charge in [0.15, 0.2) is 4.60 Å². The summed E-state index contributed by atoms with van der Waals surface area (Å²) in [5.41, 5.74) is -1.18. The second-order valence-corrected chi connectivity index (χ2v) is 3.49. The molecule has 0 saturated heterocycles. The summed E-state index contributed by atoms with van der Waals surface area (Å²) in [5.74, 6) is 0. The van der Waals surface area contributed by atoms with Crippen molar-refractivity contribution in [2.24, 2.45) is 0 Å². The Hall–Kier alpha value is -1.62. The molecule has 0 radical (unpaired) electrons. The first-order valence-corrected chi connectivity index (χ1v) is 4.75. The third-order valence-corrected chi connectivity index (χ3v) is 2.33. The highest BCUT2D eigenvalue weighted by molar-refractivity contribution is 9.10. The lowest BCUT2D eigenvalue weighted by Crippen LogP contribution is -2.02. The van der Waals surface area contributed by atoms with Gasteiger partial charge in [-0.1, -0.05) is 0 Å². The molecule has 0 aromatic carbocycles. The van der Waals surface area contributed by atoms with Crippen LogP contribution in [0.2, 0.25) is 0 Å². The fraction of sp³-hybridized carbons (Fsp3) is 0.250. The van der Waals surface area contributed by atoms with Crippen LogP contribution in [0.4, 0.5) is 14.5 Å². The molecule has 0 fully saturated rings. The van der Waals surface area contributed by atoms with Crippen LogP contribution in [-0.4, -0.2) is 9.91 Å². The van der Waals surface area contributed by atoms with E-state index in [0.29, 0.717) is 0 Å². The first-order valence-electron chi connectivity index (χ1n) is 3.96. The van der Waals surface area contributed by atoms with Gasteiger partial charge in [-0.3, -0.25) is 10.1 Å². The summed E-state index contributed by atoms with van der Waals surface area (Å²) in [6, 6.07) is 2.59. The van der Waals surface area contributed by atoms with Gasteiger partial charge >= 0.3 is 5.69 Å². The molecule has 0 spiro atoms. The van der Waals surface area contributed by atoms with Gasteiger partial charge in [0.2, 0.25) is 0 Å². The van der Waals surface area contributed by atoms with E-state index < -0.39 is 22.7 Å². The number of alkyl halides is 2. The normalized spacial score (nSPS) is 10.2. The molecule has 0 aliphatic rings. The van der Waals surface area contributed by atoms with Crippen molar-refractivity contribution < 1.29 is 13.7 Å². The Morgan fingerprint density at radius 1 is 1.69 bits per heavy atom. The van der Waals surface area contributed by atoms with Gasteiger partial charge in [0.25, 0.3) is 6.43 Å². The van der Waals surface area contributed by atoms with Crippen molar-refractivity contribution in [1.29, 1.82) is 5.26 Å². The lowest BCUT2D eigenvalue weighted by Gasteiger charge is -2.05. The zero-order valence-electron chi connectivity index (χ0n) is 7.65. The van der Waals surface area contributed by atoms with Crippen LogP contribution in [0.3, 0.4) is 0 Å². The van der Waals surface area contributed by atoms with Crippen molar-refractivity contribution in [2.45, 2.75) is 12.8 Å². The summed E-state index contributed by atoms with van der Waals surface area (Å²) in [5, 5.41) is 18.9. The molecule has 8 heteroatoms. The van der Waals surface area contributed by atoms with Crippen LogP contribution in [0.25, 0.3) is 0 Å². The van der Waals surface area contributed by atoms with Crippen LogP contribution in [0.5, 0.6) is 0 Å². The smallest absolute Gasteiger partial charge is 0.258 e. The van der Waals surface area contributed by atoms with E-state index in [1.54, 1.807) is 6.07 Å². The number of halogens is 3. The summed E-state index contributed by atoms with van der Waals surface area (Å²) >= 11 is 2.73. The summed E-state index contributed by atoms with van der Waals surface area (Å²) in [7, 11) is 0. The first-order chi connectivity index (χ1) is 7.47. The summed E-state index contributed by atoms with van der Waals surface area (Å²) in [6.45, 7) is 0. The van der Waals surface area contributed by atoms with Crippen molar-refractivity contribution in [3.63, 3.8) is 0 Å². The zero-order valence-corrected chi connectivity index (χ0v) is 9.24. The van der Waals surface area contributed by atoms with E-state index in [9.17, 15) is 18.9 Å². The zero-order chi connectivity index (χ0) is 12.3. The van der Waals surface area contributed by atoms with Gasteiger partial charge in [-0.05, 0) is 15.9 Å². The summed E-state index contributed by atoms with van der Waals surface area (Å²) in [4.78, 5) is 13.2. The molecular weight excluding hydrogens is 288 g/mol. The predicted molar refractivity (Wildman–Crippen MR) is 52.9 cm³/mol. The molecule has 0 aliphatic heterocycles. The van der Waals surface area contributed by atoms with Crippen LogP contribution in [0, 0.1) is 21.4 Å². The van der Waals surface area contributed by atoms with E-state index in [1.165, 1.54) is 0 Å². The minimum absolute atomic E-state index is 0.132. The van der Waals surface area contributed by atoms with Crippen molar-refractivity contribution in [2.75, 3.05) is 0 Å².